The van der Waals surface area contributed by atoms with Gasteiger partial charge in [0.2, 0.25) is 0 Å². The van der Waals surface area contributed by atoms with Crippen molar-refractivity contribution in [3.05, 3.63) is 50.4 Å². The van der Waals surface area contributed by atoms with Gasteiger partial charge in [0.05, 0.1) is 8.66 Å². The first kappa shape index (κ1) is 13.4. The van der Waals surface area contributed by atoms with Gasteiger partial charge in [-0.15, -0.1) is 16.4 Å². The Morgan fingerprint density at radius 2 is 1.95 bits per heavy atom. The molecule has 0 saturated carbocycles. The summed E-state index contributed by atoms with van der Waals surface area (Å²) < 4.78 is 4.77. The third kappa shape index (κ3) is 2.95. The summed E-state index contributed by atoms with van der Waals surface area (Å²) in [4.78, 5) is 12.7. The van der Waals surface area contributed by atoms with Crippen LogP contribution in [0.4, 0.5) is 5.69 Å². The summed E-state index contributed by atoms with van der Waals surface area (Å²) in [7, 11) is 0. The number of carbonyl (C=O) groups excluding carboxylic acids is 1. The minimum atomic E-state index is -0.108. The Bertz CT molecular complexity index is 722. The van der Waals surface area contributed by atoms with Crippen molar-refractivity contribution in [1.29, 1.82) is 0 Å². The van der Waals surface area contributed by atoms with Crippen molar-refractivity contribution >= 4 is 50.4 Å². The summed E-state index contributed by atoms with van der Waals surface area (Å²) in [5.41, 5.74) is 2.58. The highest BCUT2D eigenvalue weighted by atomic mass is 79.9. The molecule has 0 spiro atoms. The lowest BCUT2D eigenvalue weighted by Crippen LogP contribution is -2.09. The number of aromatic nitrogens is 2. The van der Waals surface area contributed by atoms with Gasteiger partial charge >= 0.3 is 0 Å². The van der Waals surface area contributed by atoms with E-state index in [0.29, 0.717) is 4.88 Å². The quantitative estimate of drug-likeness (QED) is 0.753. The molecule has 1 aromatic carbocycles. The van der Waals surface area contributed by atoms with Gasteiger partial charge < -0.3 is 5.32 Å². The van der Waals surface area contributed by atoms with Crippen LogP contribution in [0.5, 0.6) is 0 Å². The molecular formula is C13H8BrN3OS2. The molecule has 0 unspecified atom stereocenters. The molecule has 0 aliphatic heterocycles. The lowest BCUT2D eigenvalue weighted by Gasteiger charge is -2.04. The number of halogens is 1. The van der Waals surface area contributed by atoms with Gasteiger partial charge in [0.15, 0.2) is 0 Å². The zero-order chi connectivity index (χ0) is 13.9. The average molecular weight is 366 g/mol. The van der Waals surface area contributed by atoms with Crippen LogP contribution >= 0.6 is 38.8 Å². The minimum Gasteiger partial charge on any atom is -0.321 e. The summed E-state index contributed by atoms with van der Waals surface area (Å²) >= 11 is 6.06. The highest BCUT2D eigenvalue weighted by molar-refractivity contribution is 9.11. The number of benzene rings is 1. The molecule has 0 aliphatic carbocycles. The lowest BCUT2D eigenvalue weighted by molar-refractivity contribution is 0.103. The molecule has 4 nitrogen and oxygen atoms in total. The highest BCUT2D eigenvalue weighted by Crippen LogP contribution is 2.24. The van der Waals surface area contributed by atoms with Crippen LogP contribution in [0.25, 0.3) is 11.3 Å². The van der Waals surface area contributed by atoms with E-state index in [4.69, 9.17) is 0 Å². The van der Waals surface area contributed by atoms with Gasteiger partial charge in [-0.3, -0.25) is 4.79 Å². The largest absolute Gasteiger partial charge is 0.321 e. The summed E-state index contributed by atoms with van der Waals surface area (Å²) in [6.45, 7) is 0. The topological polar surface area (TPSA) is 54.9 Å². The van der Waals surface area contributed by atoms with E-state index >= 15 is 0 Å². The fourth-order valence-electron chi connectivity index (χ4n) is 1.64. The van der Waals surface area contributed by atoms with Gasteiger partial charge in [0.1, 0.15) is 5.69 Å². The summed E-state index contributed by atoms with van der Waals surface area (Å²) in [6, 6.07) is 11.2. The van der Waals surface area contributed by atoms with E-state index in [1.54, 1.807) is 6.07 Å². The van der Waals surface area contributed by atoms with E-state index < -0.39 is 0 Å². The summed E-state index contributed by atoms with van der Waals surface area (Å²) in [6.07, 6.45) is 0. The molecule has 100 valence electrons. The maximum absolute atomic E-state index is 12.0. The molecule has 0 fully saturated rings. The number of hydrogen-bond donors (Lipinski definition) is 1. The van der Waals surface area contributed by atoms with Crippen LogP contribution in [0.15, 0.2) is 45.6 Å². The molecule has 3 aromatic rings. The normalized spacial score (nSPS) is 10.4. The van der Waals surface area contributed by atoms with Crippen LogP contribution in [0.3, 0.4) is 0 Å². The van der Waals surface area contributed by atoms with Crippen LogP contribution in [-0.2, 0) is 0 Å². The van der Waals surface area contributed by atoms with Crippen LogP contribution < -0.4 is 5.32 Å². The molecule has 2 aromatic heterocycles. The molecule has 20 heavy (non-hydrogen) atoms. The number of thiophene rings is 1. The predicted molar refractivity (Wildman–Crippen MR) is 85.3 cm³/mol. The number of amides is 1. The molecular weight excluding hydrogens is 358 g/mol. The number of nitrogens with one attached hydrogen (secondary N) is 1. The van der Waals surface area contributed by atoms with Crippen molar-refractivity contribution in [2.75, 3.05) is 5.32 Å². The molecule has 1 amide bonds. The SMILES string of the molecule is O=C(Nc1ccc(-c2csnn2)cc1)c1ccc(Br)s1. The number of nitrogens with zero attached hydrogens (tertiary/aromatic N) is 2. The molecule has 0 saturated heterocycles. The van der Waals surface area contributed by atoms with Crippen LogP contribution in [-0.4, -0.2) is 15.5 Å². The minimum absolute atomic E-state index is 0.108. The second-order valence-corrected chi connectivity index (χ2v) is 7.00. The first-order chi connectivity index (χ1) is 9.72. The third-order valence-corrected chi connectivity index (χ3v) is 4.72. The second-order valence-electron chi connectivity index (χ2n) is 3.93. The van der Waals surface area contributed by atoms with Crippen LogP contribution in [0, 0.1) is 0 Å². The number of hydrogen-bond acceptors (Lipinski definition) is 5. The average Bonchev–Trinajstić information content (AvgIpc) is 3.10. The molecule has 0 aliphatic rings. The van der Waals surface area contributed by atoms with Crippen molar-refractivity contribution in [2.24, 2.45) is 0 Å². The molecule has 0 bridgehead atoms. The molecule has 2 heterocycles. The van der Waals surface area contributed by atoms with Crippen molar-refractivity contribution in [3.8, 4) is 11.3 Å². The first-order valence-corrected chi connectivity index (χ1v) is 8.11. The maximum atomic E-state index is 12.0. The molecule has 3 rings (SSSR count). The van der Waals surface area contributed by atoms with Crippen molar-refractivity contribution < 1.29 is 4.79 Å². The van der Waals surface area contributed by atoms with Gasteiger partial charge in [-0.05, 0) is 51.7 Å². The predicted octanol–water partition coefficient (Wildman–Crippen LogP) is 4.28. The Hall–Kier alpha value is -1.57. The smallest absolute Gasteiger partial charge is 0.265 e. The van der Waals surface area contributed by atoms with Crippen LogP contribution in [0.2, 0.25) is 0 Å². The first-order valence-electron chi connectivity index (χ1n) is 5.66. The highest BCUT2D eigenvalue weighted by Gasteiger charge is 2.09. The second kappa shape index (κ2) is 5.82. The van der Waals surface area contributed by atoms with Gasteiger partial charge in [0.25, 0.3) is 5.91 Å². The van der Waals surface area contributed by atoms with E-state index in [9.17, 15) is 4.79 Å². The van der Waals surface area contributed by atoms with Crippen molar-refractivity contribution in [2.45, 2.75) is 0 Å². The zero-order valence-electron chi connectivity index (χ0n) is 10.0. The Labute approximate surface area is 131 Å². The molecule has 7 heteroatoms. The van der Waals surface area contributed by atoms with E-state index in [1.807, 2.05) is 35.7 Å². The zero-order valence-corrected chi connectivity index (χ0v) is 13.3. The van der Waals surface area contributed by atoms with Crippen LogP contribution in [0.1, 0.15) is 9.67 Å². The van der Waals surface area contributed by atoms with Gasteiger partial charge in [-0.1, -0.05) is 16.6 Å². The van der Waals surface area contributed by atoms with E-state index in [-0.39, 0.29) is 5.91 Å². The fourth-order valence-corrected chi connectivity index (χ4v) is 3.39. The lowest BCUT2D eigenvalue weighted by atomic mass is 10.1. The third-order valence-electron chi connectivity index (χ3n) is 2.60. The van der Waals surface area contributed by atoms with Gasteiger partial charge in [0, 0.05) is 16.6 Å². The molecule has 0 radical (unpaired) electrons. The van der Waals surface area contributed by atoms with E-state index in [0.717, 1.165) is 20.7 Å². The number of anilines is 1. The maximum Gasteiger partial charge on any atom is 0.265 e. The Morgan fingerprint density at radius 1 is 1.15 bits per heavy atom. The fraction of sp³-hybridized carbons (Fsp3) is 0. The Morgan fingerprint density at radius 3 is 2.55 bits per heavy atom. The van der Waals surface area contributed by atoms with Gasteiger partial charge in [-0.25, -0.2) is 0 Å². The monoisotopic (exact) mass is 365 g/mol. The van der Waals surface area contributed by atoms with Crippen molar-refractivity contribution in [1.82, 2.24) is 9.59 Å². The Kier molecular flexibility index (Phi) is 3.90. The Balaban J connectivity index is 1.74. The molecule has 1 N–H and O–H groups in total. The van der Waals surface area contributed by atoms with Crippen molar-refractivity contribution in [3.63, 3.8) is 0 Å². The molecule has 0 atom stereocenters. The van der Waals surface area contributed by atoms with E-state index in [1.165, 1.54) is 22.9 Å². The number of carbonyl (C=O) groups is 1. The van der Waals surface area contributed by atoms with E-state index in [2.05, 4.69) is 30.8 Å². The summed E-state index contributed by atoms with van der Waals surface area (Å²) in [5.74, 6) is -0.108. The summed E-state index contributed by atoms with van der Waals surface area (Å²) in [5, 5.41) is 8.75. The standard InChI is InChI=1S/C13H8BrN3OS2/c14-12-6-5-11(20-12)13(18)15-9-3-1-8(2-4-9)10-7-19-17-16-10/h1-7H,(H,15,18). The number of rotatable bonds is 3. The van der Waals surface area contributed by atoms with Gasteiger partial charge in [-0.2, -0.15) is 0 Å².